The smallest absolute Gasteiger partial charge is 0.245 e. The normalized spacial score (nSPS) is 21.6. The molecule has 3 rings (SSSR count). The molecule has 2 saturated heterocycles. The summed E-state index contributed by atoms with van der Waals surface area (Å²) in [4.78, 5) is 29.7. The largest absolute Gasteiger partial charge is 0.497 e. The van der Waals surface area contributed by atoms with Crippen molar-refractivity contribution in [3.8, 4) is 5.75 Å². The van der Waals surface area contributed by atoms with Gasteiger partial charge in [0.1, 0.15) is 17.2 Å². The quantitative estimate of drug-likeness (QED) is 0.745. The van der Waals surface area contributed by atoms with Crippen molar-refractivity contribution in [2.45, 2.75) is 31.7 Å². The first kappa shape index (κ1) is 20.0. The molecule has 0 aromatic heterocycles. The minimum Gasteiger partial charge on any atom is -0.497 e. The fourth-order valence-corrected chi connectivity index (χ4v) is 4.80. The third-order valence-electron chi connectivity index (χ3n) is 4.94. The second-order valence-corrected chi connectivity index (χ2v) is 8.39. The van der Waals surface area contributed by atoms with Gasteiger partial charge in [0.2, 0.25) is 11.8 Å². The van der Waals surface area contributed by atoms with Crippen LogP contribution in [0.1, 0.15) is 31.2 Å². The lowest BCUT2D eigenvalue weighted by molar-refractivity contribution is -0.148. The van der Waals surface area contributed by atoms with Crippen LogP contribution in [0.15, 0.2) is 24.3 Å². The lowest BCUT2D eigenvalue weighted by Crippen LogP contribution is -2.53. The van der Waals surface area contributed by atoms with E-state index in [0.29, 0.717) is 44.4 Å². The van der Waals surface area contributed by atoms with Crippen LogP contribution in [0.4, 0.5) is 0 Å². The van der Waals surface area contributed by atoms with Crippen molar-refractivity contribution in [3.05, 3.63) is 29.8 Å². The summed E-state index contributed by atoms with van der Waals surface area (Å²) in [6.07, 6.45) is 0.662. The standard InChI is InChI=1S/C20H28N2O4S/c1-14(2)12-17(19(24)21-8-10-26-11-9-21)22-18(23)13-27-20(22)15-4-6-16(25-3)7-5-15/h4-7,14,17,20H,8-13H2,1-3H3. The summed E-state index contributed by atoms with van der Waals surface area (Å²) in [6.45, 7) is 6.49. The number of hydrogen-bond acceptors (Lipinski definition) is 5. The van der Waals surface area contributed by atoms with Crippen molar-refractivity contribution >= 4 is 23.6 Å². The van der Waals surface area contributed by atoms with Crippen LogP contribution in [0.5, 0.6) is 5.75 Å². The van der Waals surface area contributed by atoms with E-state index in [4.69, 9.17) is 9.47 Å². The minimum atomic E-state index is -0.433. The maximum Gasteiger partial charge on any atom is 0.245 e. The van der Waals surface area contributed by atoms with Crippen LogP contribution >= 0.6 is 11.8 Å². The van der Waals surface area contributed by atoms with Gasteiger partial charge in [-0.25, -0.2) is 0 Å². The molecule has 0 N–H and O–H groups in total. The number of carbonyl (C=O) groups is 2. The topological polar surface area (TPSA) is 59.1 Å². The first-order valence-electron chi connectivity index (χ1n) is 9.44. The molecular formula is C20H28N2O4S. The van der Waals surface area contributed by atoms with Crippen molar-refractivity contribution in [3.63, 3.8) is 0 Å². The van der Waals surface area contributed by atoms with Crippen LogP contribution in [0, 0.1) is 5.92 Å². The molecule has 1 aromatic carbocycles. The average Bonchev–Trinajstić information content (AvgIpc) is 3.07. The van der Waals surface area contributed by atoms with E-state index >= 15 is 0 Å². The predicted octanol–water partition coefficient (Wildman–Crippen LogP) is 2.54. The van der Waals surface area contributed by atoms with Crippen LogP contribution in [0.25, 0.3) is 0 Å². The first-order valence-corrected chi connectivity index (χ1v) is 10.5. The maximum atomic E-state index is 13.3. The zero-order chi connectivity index (χ0) is 19.4. The van der Waals surface area contributed by atoms with Crippen molar-refractivity contribution in [1.29, 1.82) is 0 Å². The zero-order valence-electron chi connectivity index (χ0n) is 16.2. The second kappa shape index (κ2) is 8.97. The van der Waals surface area contributed by atoms with Gasteiger partial charge >= 0.3 is 0 Å². The molecule has 2 aliphatic heterocycles. The molecule has 2 aliphatic rings. The third-order valence-corrected chi connectivity index (χ3v) is 6.17. The van der Waals surface area contributed by atoms with Crippen molar-refractivity contribution in [2.75, 3.05) is 39.2 Å². The highest BCUT2D eigenvalue weighted by Crippen LogP contribution is 2.41. The van der Waals surface area contributed by atoms with Crippen LogP contribution in [-0.2, 0) is 14.3 Å². The van der Waals surface area contributed by atoms with Gasteiger partial charge in [-0.1, -0.05) is 26.0 Å². The van der Waals surface area contributed by atoms with Gasteiger partial charge in [-0.2, -0.15) is 0 Å². The SMILES string of the molecule is COc1ccc(C2SCC(=O)N2C(CC(C)C)C(=O)N2CCOCC2)cc1. The fraction of sp³-hybridized carbons (Fsp3) is 0.600. The van der Waals surface area contributed by atoms with Crippen molar-refractivity contribution in [1.82, 2.24) is 9.80 Å². The molecule has 148 valence electrons. The summed E-state index contributed by atoms with van der Waals surface area (Å²) >= 11 is 1.58. The highest BCUT2D eigenvalue weighted by molar-refractivity contribution is 8.00. The summed E-state index contributed by atoms with van der Waals surface area (Å²) in [7, 11) is 1.63. The number of nitrogens with zero attached hydrogens (tertiary/aromatic N) is 2. The van der Waals surface area contributed by atoms with Crippen LogP contribution in [0.2, 0.25) is 0 Å². The molecule has 6 nitrogen and oxygen atoms in total. The van der Waals surface area contributed by atoms with Gasteiger partial charge in [-0.15, -0.1) is 11.8 Å². The molecular weight excluding hydrogens is 364 g/mol. The summed E-state index contributed by atoms with van der Waals surface area (Å²) < 4.78 is 10.6. The highest BCUT2D eigenvalue weighted by Gasteiger charge is 2.42. The van der Waals surface area contributed by atoms with E-state index in [2.05, 4.69) is 13.8 Å². The Morgan fingerprint density at radius 3 is 2.52 bits per heavy atom. The predicted molar refractivity (Wildman–Crippen MR) is 106 cm³/mol. The van der Waals surface area contributed by atoms with E-state index in [0.717, 1.165) is 11.3 Å². The van der Waals surface area contributed by atoms with E-state index < -0.39 is 6.04 Å². The maximum absolute atomic E-state index is 13.3. The first-order chi connectivity index (χ1) is 13.0. The van der Waals surface area contributed by atoms with Gasteiger partial charge in [0.25, 0.3) is 0 Å². The molecule has 0 bridgehead atoms. The number of methoxy groups -OCH3 is 1. The Morgan fingerprint density at radius 1 is 1.26 bits per heavy atom. The number of benzene rings is 1. The molecule has 2 amide bonds. The Bertz CT molecular complexity index is 658. The van der Waals surface area contributed by atoms with Gasteiger partial charge in [-0.05, 0) is 30.0 Å². The molecule has 2 fully saturated rings. The molecule has 2 unspecified atom stereocenters. The van der Waals surface area contributed by atoms with Crippen LogP contribution in [-0.4, -0.2) is 66.8 Å². The number of ether oxygens (including phenoxy) is 2. The Morgan fingerprint density at radius 2 is 1.93 bits per heavy atom. The van der Waals surface area contributed by atoms with Crippen LogP contribution < -0.4 is 4.74 Å². The summed E-state index contributed by atoms with van der Waals surface area (Å²) in [6, 6.07) is 7.33. The summed E-state index contributed by atoms with van der Waals surface area (Å²) in [5.74, 6) is 1.58. The lowest BCUT2D eigenvalue weighted by atomic mass is 9.99. The van der Waals surface area contributed by atoms with Gasteiger partial charge in [0.05, 0.1) is 26.1 Å². The molecule has 0 spiro atoms. The van der Waals surface area contributed by atoms with Gasteiger partial charge in [-0.3, -0.25) is 9.59 Å². The second-order valence-electron chi connectivity index (χ2n) is 7.32. The Kier molecular flexibility index (Phi) is 6.65. The van der Waals surface area contributed by atoms with Gasteiger partial charge < -0.3 is 19.3 Å². The van der Waals surface area contributed by atoms with Crippen LogP contribution in [0.3, 0.4) is 0 Å². The fourth-order valence-electron chi connectivity index (χ4n) is 3.57. The van der Waals surface area contributed by atoms with E-state index in [1.54, 1.807) is 18.9 Å². The van der Waals surface area contributed by atoms with E-state index in [1.807, 2.05) is 34.1 Å². The van der Waals surface area contributed by atoms with Gasteiger partial charge in [0.15, 0.2) is 0 Å². The lowest BCUT2D eigenvalue weighted by Gasteiger charge is -2.37. The Labute approximate surface area is 165 Å². The Balaban J connectivity index is 1.87. The summed E-state index contributed by atoms with van der Waals surface area (Å²) in [5.41, 5.74) is 1.02. The number of amides is 2. The molecule has 7 heteroatoms. The number of hydrogen-bond donors (Lipinski definition) is 0. The highest BCUT2D eigenvalue weighted by atomic mass is 32.2. The zero-order valence-corrected chi connectivity index (χ0v) is 17.0. The average molecular weight is 393 g/mol. The molecule has 0 radical (unpaired) electrons. The van der Waals surface area contributed by atoms with Gasteiger partial charge in [0, 0.05) is 13.1 Å². The third kappa shape index (κ3) is 4.58. The minimum absolute atomic E-state index is 0.0353. The van der Waals surface area contributed by atoms with E-state index in [-0.39, 0.29) is 17.2 Å². The van der Waals surface area contributed by atoms with E-state index in [1.165, 1.54) is 0 Å². The summed E-state index contributed by atoms with van der Waals surface area (Å²) in [5, 5.41) is -0.142. The molecule has 0 aliphatic carbocycles. The monoisotopic (exact) mass is 392 g/mol. The molecule has 2 heterocycles. The number of thioether (sulfide) groups is 1. The number of rotatable bonds is 6. The molecule has 1 aromatic rings. The number of morpholine rings is 1. The molecule has 27 heavy (non-hydrogen) atoms. The van der Waals surface area contributed by atoms with Crippen molar-refractivity contribution in [2.24, 2.45) is 5.92 Å². The molecule has 2 atom stereocenters. The number of carbonyl (C=O) groups excluding carboxylic acids is 2. The molecule has 0 saturated carbocycles. The Hall–Kier alpha value is -1.73. The van der Waals surface area contributed by atoms with E-state index in [9.17, 15) is 9.59 Å². The van der Waals surface area contributed by atoms with Crippen molar-refractivity contribution < 1.29 is 19.1 Å².